The summed E-state index contributed by atoms with van der Waals surface area (Å²) in [6.45, 7) is 0. The highest BCUT2D eigenvalue weighted by Gasteiger charge is 2.47. The summed E-state index contributed by atoms with van der Waals surface area (Å²) in [4.78, 5) is 0. The van der Waals surface area contributed by atoms with Gasteiger partial charge in [0.05, 0.1) is 0 Å². The van der Waals surface area contributed by atoms with Crippen molar-refractivity contribution < 1.29 is 0 Å². The molecule has 3 atom stereocenters. The molecule has 0 bridgehead atoms. The van der Waals surface area contributed by atoms with Gasteiger partial charge < -0.3 is 0 Å². The van der Waals surface area contributed by atoms with Crippen molar-refractivity contribution in [1.29, 1.82) is 0 Å². The number of benzene rings is 4. The van der Waals surface area contributed by atoms with Gasteiger partial charge in [-0.05, 0) is 54.1 Å². The third kappa shape index (κ3) is 4.08. The lowest BCUT2D eigenvalue weighted by molar-refractivity contribution is 0.451. The van der Waals surface area contributed by atoms with Crippen molar-refractivity contribution in [2.45, 2.75) is 30.1 Å². The zero-order chi connectivity index (χ0) is 21.8. The second kappa shape index (κ2) is 9.70. The fourth-order valence-electron chi connectivity index (χ4n) is 5.51. The van der Waals surface area contributed by atoms with Gasteiger partial charge in [0.15, 0.2) is 0 Å². The maximum absolute atomic E-state index is 3.34. The standard InChI is InChI=1S/C30H30P2/c31-30(24-14-5-1-6-15-24,25-16-7-2-8-17-25)28-22-13-23-29(28)32(26-18-9-3-10-19-26)27-20-11-4-12-21-27/h1-12,14-21,28-29H,13,22-23,31H2/t28-,29-/m0/s1. The van der Waals surface area contributed by atoms with E-state index in [1.165, 1.54) is 41.0 Å². The Labute approximate surface area is 196 Å². The van der Waals surface area contributed by atoms with Gasteiger partial charge in [-0.1, -0.05) is 128 Å². The van der Waals surface area contributed by atoms with Crippen molar-refractivity contribution >= 4 is 27.8 Å². The quantitative estimate of drug-likeness (QED) is 0.274. The molecule has 5 rings (SSSR count). The van der Waals surface area contributed by atoms with Crippen molar-refractivity contribution in [2.75, 3.05) is 0 Å². The first-order valence-electron chi connectivity index (χ1n) is 11.6. The van der Waals surface area contributed by atoms with E-state index in [1.807, 2.05) is 0 Å². The largest absolute Gasteiger partial charge is 0.121 e. The highest BCUT2D eigenvalue weighted by atomic mass is 31.1. The fraction of sp³-hybridized carbons (Fsp3) is 0.200. The van der Waals surface area contributed by atoms with Crippen LogP contribution < -0.4 is 10.6 Å². The molecule has 0 radical (unpaired) electrons. The van der Waals surface area contributed by atoms with Gasteiger partial charge in [-0.25, -0.2) is 0 Å². The van der Waals surface area contributed by atoms with E-state index in [0.717, 1.165) is 0 Å². The Morgan fingerprint density at radius 3 is 1.41 bits per heavy atom. The van der Waals surface area contributed by atoms with Crippen molar-refractivity contribution in [2.24, 2.45) is 5.92 Å². The zero-order valence-electron chi connectivity index (χ0n) is 18.3. The van der Waals surface area contributed by atoms with E-state index in [0.29, 0.717) is 11.6 Å². The van der Waals surface area contributed by atoms with Crippen LogP contribution in [0.25, 0.3) is 0 Å². The van der Waals surface area contributed by atoms with Gasteiger partial charge in [-0.3, -0.25) is 0 Å². The molecule has 32 heavy (non-hydrogen) atoms. The van der Waals surface area contributed by atoms with E-state index < -0.39 is 7.92 Å². The predicted octanol–water partition coefficient (Wildman–Crippen LogP) is 7.11. The molecule has 0 aromatic heterocycles. The summed E-state index contributed by atoms with van der Waals surface area (Å²) in [5, 5.41) is 2.91. The van der Waals surface area contributed by atoms with E-state index in [2.05, 4.69) is 131 Å². The summed E-state index contributed by atoms with van der Waals surface area (Å²) < 4.78 is 0. The second-order valence-electron chi connectivity index (χ2n) is 8.75. The van der Waals surface area contributed by atoms with Gasteiger partial charge >= 0.3 is 0 Å². The lowest BCUT2D eigenvalue weighted by Crippen LogP contribution is -2.37. The summed E-state index contributed by atoms with van der Waals surface area (Å²) in [6, 6.07) is 44.8. The number of hydrogen-bond acceptors (Lipinski definition) is 0. The van der Waals surface area contributed by atoms with Gasteiger partial charge in [0.1, 0.15) is 0 Å². The van der Waals surface area contributed by atoms with Crippen molar-refractivity contribution in [3.8, 4) is 0 Å². The Morgan fingerprint density at radius 2 is 0.969 bits per heavy atom. The maximum atomic E-state index is 3.34. The zero-order valence-corrected chi connectivity index (χ0v) is 20.4. The van der Waals surface area contributed by atoms with E-state index in [9.17, 15) is 0 Å². The average Bonchev–Trinajstić information content (AvgIpc) is 3.36. The van der Waals surface area contributed by atoms with E-state index in [-0.39, 0.29) is 5.16 Å². The Bertz CT molecular complexity index is 1030. The third-order valence-corrected chi connectivity index (χ3v) is 11.1. The van der Waals surface area contributed by atoms with Crippen molar-refractivity contribution in [3.63, 3.8) is 0 Å². The van der Waals surface area contributed by atoms with E-state index in [1.54, 1.807) is 0 Å². The Morgan fingerprint density at radius 1 is 0.562 bits per heavy atom. The molecule has 0 heterocycles. The van der Waals surface area contributed by atoms with Crippen LogP contribution in [0.1, 0.15) is 30.4 Å². The fourth-order valence-corrected chi connectivity index (χ4v) is 9.69. The second-order valence-corrected chi connectivity index (χ2v) is 12.1. The van der Waals surface area contributed by atoms with Crippen LogP contribution in [0.2, 0.25) is 0 Å². The van der Waals surface area contributed by atoms with Crippen LogP contribution in [-0.2, 0) is 5.16 Å². The molecule has 0 amide bonds. The van der Waals surface area contributed by atoms with Crippen LogP contribution in [-0.4, -0.2) is 5.66 Å². The van der Waals surface area contributed by atoms with Crippen molar-refractivity contribution in [3.05, 3.63) is 132 Å². The summed E-state index contributed by atoms with van der Waals surface area (Å²) in [6.07, 6.45) is 3.84. The van der Waals surface area contributed by atoms with E-state index >= 15 is 0 Å². The Hall–Kier alpha value is -2.26. The van der Waals surface area contributed by atoms with Crippen LogP contribution in [0.5, 0.6) is 0 Å². The topological polar surface area (TPSA) is 0 Å². The molecular weight excluding hydrogens is 422 g/mol. The molecule has 4 aromatic rings. The molecule has 2 heteroatoms. The molecule has 0 nitrogen and oxygen atoms in total. The highest BCUT2D eigenvalue weighted by molar-refractivity contribution is 7.73. The molecule has 0 spiro atoms. The number of hydrogen-bond donors (Lipinski definition) is 0. The Kier molecular flexibility index (Phi) is 6.54. The molecular formula is C30H30P2. The van der Waals surface area contributed by atoms with Crippen LogP contribution in [0, 0.1) is 5.92 Å². The molecule has 1 fully saturated rings. The van der Waals surface area contributed by atoms with Gasteiger partial charge in [0.25, 0.3) is 0 Å². The van der Waals surface area contributed by atoms with Gasteiger partial charge in [0.2, 0.25) is 0 Å². The van der Waals surface area contributed by atoms with Gasteiger partial charge in [0, 0.05) is 5.16 Å². The molecule has 0 saturated heterocycles. The Balaban J connectivity index is 1.65. The molecule has 1 aliphatic carbocycles. The number of rotatable bonds is 6. The molecule has 160 valence electrons. The minimum absolute atomic E-state index is 0.0895. The average molecular weight is 453 g/mol. The van der Waals surface area contributed by atoms with Crippen LogP contribution in [0.4, 0.5) is 0 Å². The molecule has 0 aliphatic heterocycles. The SMILES string of the molecule is PC(c1ccccc1)(c1ccccc1)[C@H]1CCC[C@@H]1P(c1ccccc1)c1ccccc1. The molecule has 1 aliphatic rings. The van der Waals surface area contributed by atoms with Gasteiger partial charge in [-0.2, -0.15) is 0 Å². The molecule has 1 saturated carbocycles. The van der Waals surface area contributed by atoms with Crippen molar-refractivity contribution in [1.82, 2.24) is 0 Å². The summed E-state index contributed by atoms with van der Waals surface area (Å²) in [5.41, 5.74) is 3.45. The minimum atomic E-state index is -0.450. The monoisotopic (exact) mass is 452 g/mol. The lowest BCUT2D eigenvalue weighted by Gasteiger charge is -2.43. The maximum Gasteiger partial charge on any atom is 0.0378 e. The van der Waals surface area contributed by atoms with Crippen LogP contribution in [0.3, 0.4) is 0 Å². The predicted molar refractivity (Wildman–Crippen MR) is 144 cm³/mol. The first kappa shape index (κ1) is 21.6. The molecule has 4 aromatic carbocycles. The van der Waals surface area contributed by atoms with Gasteiger partial charge in [-0.15, -0.1) is 9.24 Å². The molecule has 1 unspecified atom stereocenters. The summed E-state index contributed by atoms with van der Waals surface area (Å²) >= 11 is 0. The van der Waals surface area contributed by atoms with Crippen LogP contribution >= 0.6 is 17.2 Å². The molecule has 0 N–H and O–H groups in total. The van der Waals surface area contributed by atoms with Crippen LogP contribution in [0.15, 0.2) is 121 Å². The first-order valence-corrected chi connectivity index (χ1v) is 13.6. The minimum Gasteiger partial charge on any atom is -0.121 e. The summed E-state index contributed by atoms with van der Waals surface area (Å²) in [7, 11) is 2.89. The highest BCUT2D eigenvalue weighted by Crippen LogP contribution is 2.59. The first-order chi connectivity index (χ1) is 15.8. The normalized spacial score (nSPS) is 18.7. The summed E-state index contributed by atoms with van der Waals surface area (Å²) in [5.74, 6) is 0.559. The lowest BCUT2D eigenvalue weighted by atomic mass is 9.78. The van der Waals surface area contributed by atoms with E-state index in [4.69, 9.17) is 0 Å². The smallest absolute Gasteiger partial charge is 0.0378 e. The third-order valence-electron chi connectivity index (χ3n) is 6.97.